The summed E-state index contributed by atoms with van der Waals surface area (Å²) in [5.74, 6) is 0. The molecule has 0 aromatic rings. The van der Waals surface area contributed by atoms with E-state index in [4.69, 9.17) is 10.5 Å². The van der Waals surface area contributed by atoms with Gasteiger partial charge < -0.3 is 10.5 Å². The summed E-state index contributed by atoms with van der Waals surface area (Å²) in [4.78, 5) is 2.46. The highest BCUT2D eigenvalue weighted by molar-refractivity contribution is 4.99. The minimum Gasteiger partial charge on any atom is -0.375 e. The summed E-state index contributed by atoms with van der Waals surface area (Å²) < 4.78 is 5.82. The van der Waals surface area contributed by atoms with E-state index in [9.17, 15) is 0 Å². The highest BCUT2D eigenvalue weighted by Crippen LogP contribution is 2.36. The first-order chi connectivity index (χ1) is 7.60. The van der Waals surface area contributed by atoms with Crippen molar-refractivity contribution in [2.75, 3.05) is 26.7 Å². The van der Waals surface area contributed by atoms with Gasteiger partial charge in [-0.1, -0.05) is 20.8 Å². The molecule has 1 rings (SSSR count). The van der Waals surface area contributed by atoms with Gasteiger partial charge in [0.25, 0.3) is 0 Å². The highest BCUT2D eigenvalue weighted by atomic mass is 16.5. The molecule has 1 aliphatic heterocycles. The lowest BCUT2D eigenvalue weighted by Gasteiger charge is -2.50. The molecule has 3 heteroatoms. The van der Waals surface area contributed by atoms with Crippen molar-refractivity contribution < 1.29 is 4.74 Å². The Morgan fingerprint density at radius 3 is 2.29 bits per heavy atom. The van der Waals surface area contributed by atoms with E-state index in [1.165, 1.54) is 0 Å². The monoisotopic (exact) mass is 242 g/mol. The van der Waals surface area contributed by atoms with Crippen LogP contribution in [-0.2, 0) is 4.74 Å². The van der Waals surface area contributed by atoms with Gasteiger partial charge in [0, 0.05) is 25.2 Å². The average molecular weight is 242 g/mol. The molecule has 1 atom stereocenters. The van der Waals surface area contributed by atoms with E-state index in [0.717, 1.165) is 26.0 Å². The van der Waals surface area contributed by atoms with Crippen LogP contribution < -0.4 is 5.73 Å². The Hall–Kier alpha value is -0.120. The Morgan fingerprint density at radius 2 is 1.88 bits per heavy atom. The Bertz CT molecular complexity index is 257. The standard InChI is InChI=1S/C14H30N2O/c1-12(2,3)11-16(6)14(10-15)7-8-17-13(4,5)9-14/h7-11,15H2,1-6H3. The van der Waals surface area contributed by atoms with Gasteiger partial charge in [-0.25, -0.2) is 0 Å². The molecular formula is C14H30N2O. The predicted molar refractivity (Wildman–Crippen MR) is 73.1 cm³/mol. The molecule has 0 amide bonds. The molecule has 0 aromatic heterocycles. The van der Waals surface area contributed by atoms with Crippen LogP contribution in [0.2, 0.25) is 0 Å². The summed E-state index contributed by atoms with van der Waals surface area (Å²) in [6.45, 7) is 13.8. The second-order valence-electron chi connectivity index (χ2n) is 7.38. The fourth-order valence-electron chi connectivity index (χ4n) is 2.98. The zero-order valence-corrected chi connectivity index (χ0v) is 12.5. The molecule has 0 spiro atoms. The van der Waals surface area contributed by atoms with Crippen molar-refractivity contribution in [1.82, 2.24) is 4.90 Å². The van der Waals surface area contributed by atoms with Crippen LogP contribution in [0.4, 0.5) is 0 Å². The largest absolute Gasteiger partial charge is 0.375 e. The van der Waals surface area contributed by atoms with Gasteiger partial charge in [0.1, 0.15) is 0 Å². The quantitative estimate of drug-likeness (QED) is 0.825. The summed E-state index contributed by atoms with van der Waals surface area (Å²) in [7, 11) is 2.21. The van der Waals surface area contributed by atoms with E-state index in [-0.39, 0.29) is 11.1 Å². The lowest BCUT2D eigenvalue weighted by atomic mass is 9.79. The molecule has 1 aliphatic rings. The Balaban J connectivity index is 2.80. The van der Waals surface area contributed by atoms with E-state index in [0.29, 0.717) is 12.0 Å². The normalized spacial score (nSPS) is 29.6. The third-order valence-corrected chi connectivity index (χ3v) is 3.72. The molecule has 0 aliphatic carbocycles. The van der Waals surface area contributed by atoms with E-state index in [1.54, 1.807) is 0 Å². The maximum absolute atomic E-state index is 6.08. The van der Waals surface area contributed by atoms with E-state index in [2.05, 4.69) is 46.6 Å². The van der Waals surface area contributed by atoms with Gasteiger partial charge in [0.2, 0.25) is 0 Å². The minimum atomic E-state index is -0.0518. The number of rotatable bonds is 3. The summed E-state index contributed by atoms with van der Waals surface area (Å²) in [5.41, 5.74) is 6.44. The van der Waals surface area contributed by atoms with E-state index < -0.39 is 0 Å². The molecule has 102 valence electrons. The lowest BCUT2D eigenvalue weighted by molar-refractivity contribution is -0.117. The summed E-state index contributed by atoms with van der Waals surface area (Å²) in [6, 6.07) is 0. The van der Waals surface area contributed by atoms with Gasteiger partial charge in [0.05, 0.1) is 5.60 Å². The molecule has 1 unspecified atom stereocenters. The van der Waals surface area contributed by atoms with Crippen molar-refractivity contribution in [2.45, 2.75) is 58.6 Å². The molecule has 1 saturated heterocycles. The molecule has 1 fully saturated rings. The van der Waals surface area contributed by atoms with Crippen molar-refractivity contribution in [3.63, 3.8) is 0 Å². The van der Waals surface area contributed by atoms with Crippen LogP contribution >= 0.6 is 0 Å². The molecule has 0 aromatic carbocycles. The molecule has 2 N–H and O–H groups in total. The maximum Gasteiger partial charge on any atom is 0.0644 e. The van der Waals surface area contributed by atoms with Crippen LogP contribution in [0.3, 0.4) is 0 Å². The fraction of sp³-hybridized carbons (Fsp3) is 1.00. The van der Waals surface area contributed by atoms with Crippen molar-refractivity contribution in [2.24, 2.45) is 11.1 Å². The molecule has 1 heterocycles. The summed E-state index contributed by atoms with van der Waals surface area (Å²) in [5, 5.41) is 0. The van der Waals surface area contributed by atoms with Crippen LogP contribution in [0.1, 0.15) is 47.5 Å². The average Bonchev–Trinajstić information content (AvgIpc) is 2.13. The first kappa shape index (κ1) is 14.9. The molecule has 0 saturated carbocycles. The molecule has 3 nitrogen and oxygen atoms in total. The van der Waals surface area contributed by atoms with Gasteiger partial charge in [-0.3, -0.25) is 4.90 Å². The highest BCUT2D eigenvalue weighted by Gasteiger charge is 2.43. The molecular weight excluding hydrogens is 212 g/mol. The smallest absolute Gasteiger partial charge is 0.0644 e. The Morgan fingerprint density at radius 1 is 1.29 bits per heavy atom. The van der Waals surface area contributed by atoms with Gasteiger partial charge in [0.15, 0.2) is 0 Å². The fourth-order valence-corrected chi connectivity index (χ4v) is 2.98. The number of likely N-dealkylation sites (N-methyl/N-ethyl adjacent to an activating group) is 1. The number of hydrogen-bond acceptors (Lipinski definition) is 3. The predicted octanol–water partition coefficient (Wildman–Crippen LogP) is 2.25. The first-order valence-corrected chi connectivity index (χ1v) is 6.66. The number of ether oxygens (including phenoxy) is 1. The van der Waals surface area contributed by atoms with Crippen LogP contribution in [0.5, 0.6) is 0 Å². The van der Waals surface area contributed by atoms with Gasteiger partial charge in [-0.15, -0.1) is 0 Å². The van der Waals surface area contributed by atoms with Crippen LogP contribution in [0.15, 0.2) is 0 Å². The lowest BCUT2D eigenvalue weighted by Crippen LogP contribution is -2.60. The van der Waals surface area contributed by atoms with Crippen LogP contribution in [-0.4, -0.2) is 42.8 Å². The summed E-state index contributed by atoms with van der Waals surface area (Å²) >= 11 is 0. The number of hydrogen-bond donors (Lipinski definition) is 1. The third kappa shape index (κ3) is 3.94. The first-order valence-electron chi connectivity index (χ1n) is 6.66. The Labute approximate surface area is 107 Å². The third-order valence-electron chi connectivity index (χ3n) is 3.72. The van der Waals surface area contributed by atoms with E-state index >= 15 is 0 Å². The second-order valence-corrected chi connectivity index (χ2v) is 7.38. The number of nitrogens with zero attached hydrogens (tertiary/aromatic N) is 1. The Kier molecular flexibility index (Phi) is 4.28. The van der Waals surface area contributed by atoms with E-state index in [1.807, 2.05) is 0 Å². The van der Waals surface area contributed by atoms with Gasteiger partial charge in [-0.2, -0.15) is 0 Å². The van der Waals surface area contributed by atoms with Crippen molar-refractivity contribution in [3.05, 3.63) is 0 Å². The zero-order chi connectivity index (χ0) is 13.3. The minimum absolute atomic E-state index is 0.0518. The topological polar surface area (TPSA) is 38.5 Å². The van der Waals surface area contributed by atoms with Gasteiger partial charge in [-0.05, 0) is 39.2 Å². The second kappa shape index (κ2) is 4.87. The number of nitrogens with two attached hydrogens (primary N) is 1. The molecule has 17 heavy (non-hydrogen) atoms. The maximum atomic E-state index is 6.08. The molecule has 0 radical (unpaired) electrons. The SMILES string of the molecule is CN(CC(C)(C)C)C1(CN)CCOC(C)(C)C1. The summed E-state index contributed by atoms with van der Waals surface area (Å²) in [6.07, 6.45) is 2.06. The zero-order valence-electron chi connectivity index (χ0n) is 12.5. The van der Waals surface area contributed by atoms with Crippen LogP contribution in [0.25, 0.3) is 0 Å². The molecule has 0 bridgehead atoms. The van der Waals surface area contributed by atoms with Crippen molar-refractivity contribution in [3.8, 4) is 0 Å². The van der Waals surface area contributed by atoms with Crippen LogP contribution in [0, 0.1) is 5.41 Å². The van der Waals surface area contributed by atoms with Crippen molar-refractivity contribution in [1.29, 1.82) is 0 Å². The van der Waals surface area contributed by atoms with Gasteiger partial charge >= 0.3 is 0 Å². The van der Waals surface area contributed by atoms with Crippen molar-refractivity contribution >= 4 is 0 Å².